The number of carbonyl (C=O) groups excluding carboxylic acids is 1. The molecule has 0 atom stereocenters. The smallest absolute Gasteiger partial charge is 0.355 e. The number of sulfonamides is 1. The van der Waals surface area contributed by atoms with Crippen molar-refractivity contribution in [3.8, 4) is 0 Å². The number of hydrogen-bond donors (Lipinski definition) is 3. The van der Waals surface area contributed by atoms with Crippen LogP contribution in [0.2, 0.25) is 0 Å². The minimum atomic E-state index is -4.72. The van der Waals surface area contributed by atoms with Gasteiger partial charge in [-0.1, -0.05) is 12.1 Å². The van der Waals surface area contributed by atoms with Crippen LogP contribution in [0.1, 0.15) is 22.3 Å². The number of amides is 1. The average molecular weight is 507 g/mol. The van der Waals surface area contributed by atoms with Crippen LogP contribution in [-0.4, -0.2) is 31.3 Å². The summed E-state index contributed by atoms with van der Waals surface area (Å²) in [5, 5.41) is 10.8. The fraction of sp³-hybridized carbons (Fsp3) is 0.227. The van der Waals surface area contributed by atoms with Crippen molar-refractivity contribution in [3.05, 3.63) is 64.8 Å². The molecule has 1 aliphatic heterocycles. The van der Waals surface area contributed by atoms with E-state index in [1.54, 1.807) is 31.2 Å². The summed E-state index contributed by atoms with van der Waals surface area (Å²) >= 11 is 0. The van der Waals surface area contributed by atoms with Crippen LogP contribution in [0.3, 0.4) is 0 Å². The Bertz CT molecular complexity index is 1430. The third-order valence-electron chi connectivity index (χ3n) is 5.40. The van der Waals surface area contributed by atoms with Gasteiger partial charge in [0.25, 0.3) is 0 Å². The van der Waals surface area contributed by atoms with Gasteiger partial charge in [0.15, 0.2) is 0 Å². The van der Waals surface area contributed by atoms with Gasteiger partial charge < -0.3 is 15.5 Å². The Kier molecular flexibility index (Phi) is 6.15. The van der Waals surface area contributed by atoms with Gasteiger partial charge >= 0.3 is 6.18 Å². The second kappa shape index (κ2) is 8.82. The number of fused-ring (bicyclic) bond motifs is 1. The van der Waals surface area contributed by atoms with Gasteiger partial charge in [-0.2, -0.15) is 18.2 Å². The molecule has 0 spiro atoms. The van der Waals surface area contributed by atoms with Crippen molar-refractivity contribution in [2.45, 2.75) is 31.0 Å². The number of nitrogens with zero attached hydrogens (tertiary/aromatic N) is 3. The van der Waals surface area contributed by atoms with E-state index in [0.29, 0.717) is 28.7 Å². The Hall–Kier alpha value is -3.71. The van der Waals surface area contributed by atoms with Crippen molar-refractivity contribution in [2.75, 3.05) is 22.6 Å². The van der Waals surface area contributed by atoms with Gasteiger partial charge in [0.05, 0.1) is 11.3 Å². The molecule has 1 aliphatic rings. The van der Waals surface area contributed by atoms with Crippen LogP contribution in [0, 0.1) is 6.92 Å². The standard InChI is InChI=1S/C22H21F3N6O3S/c1-12-3-4-13(7-18(12)35(26,33)34)11-31(2)20-16(22(23,24)25)10-27-21(30-20)28-15-5-6-17-14(8-15)9-19(32)29-17/h3-8,10H,9,11H2,1-2H3,(H,29,32)(H2,26,33,34)(H,27,28,30). The number of hydrogen-bond acceptors (Lipinski definition) is 7. The van der Waals surface area contributed by atoms with Crippen LogP contribution in [-0.2, 0) is 34.0 Å². The Balaban J connectivity index is 1.65. The van der Waals surface area contributed by atoms with E-state index >= 15 is 0 Å². The van der Waals surface area contributed by atoms with Crippen molar-refractivity contribution in [3.63, 3.8) is 0 Å². The molecule has 184 valence electrons. The molecule has 1 amide bonds. The van der Waals surface area contributed by atoms with E-state index in [2.05, 4.69) is 20.6 Å². The molecule has 35 heavy (non-hydrogen) atoms. The zero-order valence-corrected chi connectivity index (χ0v) is 19.5. The molecular formula is C22H21F3N6O3S. The van der Waals surface area contributed by atoms with Crippen LogP contribution >= 0.6 is 0 Å². The summed E-state index contributed by atoms with van der Waals surface area (Å²) in [6.07, 6.45) is -3.84. The summed E-state index contributed by atoms with van der Waals surface area (Å²) < 4.78 is 64.7. The number of rotatable bonds is 6. The lowest BCUT2D eigenvalue weighted by Gasteiger charge is -2.23. The van der Waals surface area contributed by atoms with Gasteiger partial charge in [-0.25, -0.2) is 18.5 Å². The molecule has 3 aromatic rings. The number of anilines is 4. The van der Waals surface area contributed by atoms with Crippen LogP contribution < -0.4 is 20.7 Å². The molecule has 4 N–H and O–H groups in total. The van der Waals surface area contributed by atoms with Crippen LogP contribution in [0.5, 0.6) is 0 Å². The molecule has 0 saturated carbocycles. The summed E-state index contributed by atoms with van der Waals surface area (Å²) in [6, 6.07) is 9.49. The highest BCUT2D eigenvalue weighted by Gasteiger charge is 2.36. The topological polar surface area (TPSA) is 130 Å². The fourth-order valence-electron chi connectivity index (χ4n) is 3.76. The molecule has 13 heteroatoms. The van der Waals surface area contributed by atoms with Gasteiger partial charge in [-0.05, 0) is 47.9 Å². The van der Waals surface area contributed by atoms with Crippen molar-refractivity contribution in [2.24, 2.45) is 5.14 Å². The maximum Gasteiger partial charge on any atom is 0.421 e. The number of primary sulfonamides is 1. The zero-order chi connectivity index (χ0) is 25.5. The first-order chi connectivity index (χ1) is 16.3. The lowest BCUT2D eigenvalue weighted by Crippen LogP contribution is -2.23. The number of nitrogens with one attached hydrogen (secondary N) is 2. The summed E-state index contributed by atoms with van der Waals surface area (Å²) in [7, 11) is -2.59. The molecule has 0 fully saturated rings. The number of benzene rings is 2. The van der Waals surface area contributed by atoms with Crippen LogP contribution in [0.25, 0.3) is 0 Å². The number of nitrogens with two attached hydrogens (primary N) is 1. The summed E-state index contributed by atoms with van der Waals surface area (Å²) in [5.41, 5.74) is 1.73. The summed E-state index contributed by atoms with van der Waals surface area (Å²) in [6.45, 7) is 1.50. The summed E-state index contributed by atoms with van der Waals surface area (Å²) in [4.78, 5) is 20.6. The molecular weight excluding hydrogens is 485 g/mol. The van der Waals surface area contributed by atoms with E-state index in [1.165, 1.54) is 24.1 Å². The molecule has 2 aromatic carbocycles. The number of halogens is 3. The van der Waals surface area contributed by atoms with Crippen molar-refractivity contribution in [1.29, 1.82) is 0 Å². The number of aryl methyl sites for hydroxylation is 1. The molecule has 9 nitrogen and oxygen atoms in total. The quantitative estimate of drug-likeness (QED) is 0.468. The molecule has 2 heterocycles. The largest absolute Gasteiger partial charge is 0.421 e. The number of alkyl halides is 3. The van der Waals surface area contributed by atoms with Gasteiger partial charge in [0.2, 0.25) is 21.9 Å². The second-order valence-corrected chi connectivity index (χ2v) is 9.68. The van der Waals surface area contributed by atoms with Crippen LogP contribution in [0.4, 0.5) is 36.3 Å². The lowest BCUT2D eigenvalue weighted by atomic mass is 10.1. The number of carbonyl (C=O) groups is 1. The maximum atomic E-state index is 13.7. The minimum Gasteiger partial charge on any atom is -0.355 e. The Morgan fingerprint density at radius 1 is 1.20 bits per heavy atom. The SMILES string of the molecule is Cc1ccc(CN(C)c2nc(Nc3ccc4c(c3)CC(=O)N4)ncc2C(F)(F)F)cc1S(N)(=O)=O. The maximum absolute atomic E-state index is 13.7. The zero-order valence-electron chi connectivity index (χ0n) is 18.6. The van der Waals surface area contributed by atoms with Crippen molar-refractivity contribution >= 4 is 39.1 Å². The molecule has 0 unspecified atom stereocenters. The Labute approximate surface area is 199 Å². The van der Waals surface area contributed by atoms with E-state index in [1.807, 2.05) is 0 Å². The first kappa shape index (κ1) is 24.4. The summed E-state index contributed by atoms with van der Waals surface area (Å²) in [5.74, 6) is -0.620. The van der Waals surface area contributed by atoms with E-state index in [0.717, 1.165) is 5.56 Å². The Morgan fingerprint density at radius 3 is 2.63 bits per heavy atom. The van der Waals surface area contributed by atoms with E-state index in [-0.39, 0.29) is 29.7 Å². The highest BCUT2D eigenvalue weighted by Crippen LogP contribution is 2.36. The molecule has 0 saturated heterocycles. The third-order valence-corrected chi connectivity index (χ3v) is 6.45. The number of aromatic nitrogens is 2. The highest BCUT2D eigenvalue weighted by atomic mass is 32.2. The van der Waals surface area contributed by atoms with Gasteiger partial charge in [-0.3, -0.25) is 4.79 Å². The first-order valence-corrected chi connectivity index (χ1v) is 11.8. The van der Waals surface area contributed by atoms with E-state index in [9.17, 15) is 26.4 Å². The predicted molar refractivity (Wildman–Crippen MR) is 124 cm³/mol. The molecule has 4 rings (SSSR count). The lowest BCUT2D eigenvalue weighted by molar-refractivity contribution is -0.137. The molecule has 0 aliphatic carbocycles. The van der Waals surface area contributed by atoms with Crippen molar-refractivity contribution in [1.82, 2.24) is 9.97 Å². The van der Waals surface area contributed by atoms with E-state index < -0.39 is 27.6 Å². The molecule has 0 bridgehead atoms. The Morgan fingerprint density at radius 2 is 1.94 bits per heavy atom. The normalized spacial score (nSPS) is 13.4. The monoisotopic (exact) mass is 506 g/mol. The first-order valence-electron chi connectivity index (χ1n) is 10.3. The van der Waals surface area contributed by atoms with Crippen molar-refractivity contribution < 1.29 is 26.4 Å². The molecule has 0 radical (unpaired) electrons. The second-order valence-electron chi connectivity index (χ2n) is 8.15. The van der Waals surface area contributed by atoms with Gasteiger partial charge in [0.1, 0.15) is 11.4 Å². The van der Waals surface area contributed by atoms with Gasteiger partial charge in [-0.15, -0.1) is 0 Å². The highest BCUT2D eigenvalue weighted by molar-refractivity contribution is 7.89. The predicted octanol–water partition coefficient (Wildman–Crippen LogP) is 3.33. The fourth-order valence-corrected chi connectivity index (χ4v) is 4.59. The third kappa shape index (κ3) is 5.35. The van der Waals surface area contributed by atoms with E-state index in [4.69, 9.17) is 5.14 Å². The average Bonchev–Trinajstić information content (AvgIpc) is 3.12. The minimum absolute atomic E-state index is 0.0744. The molecule has 1 aromatic heterocycles. The van der Waals surface area contributed by atoms with Crippen LogP contribution in [0.15, 0.2) is 47.5 Å². The van der Waals surface area contributed by atoms with Gasteiger partial charge in [0, 0.05) is 31.2 Å².